The second-order valence-electron chi connectivity index (χ2n) is 4.16. The highest BCUT2D eigenvalue weighted by atomic mass is 16.1. The second kappa shape index (κ2) is 3.19. The first-order valence-corrected chi connectivity index (χ1v) is 5.28. The van der Waals surface area contributed by atoms with Gasteiger partial charge >= 0.3 is 0 Å². The molecule has 0 N–H and O–H groups in total. The van der Waals surface area contributed by atoms with Gasteiger partial charge in [0.2, 0.25) is 0 Å². The molecule has 0 amide bonds. The van der Waals surface area contributed by atoms with Crippen LogP contribution in [0.2, 0.25) is 0 Å². The lowest BCUT2D eigenvalue weighted by atomic mass is 10.3. The first-order valence-electron chi connectivity index (χ1n) is 5.28. The Hall–Kier alpha value is -1.64. The molecular formula is C12H12N2O. The van der Waals surface area contributed by atoms with Gasteiger partial charge in [0, 0.05) is 18.1 Å². The van der Waals surface area contributed by atoms with Crippen molar-refractivity contribution in [1.29, 1.82) is 0 Å². The molecule has 0 saturated heterocycles. The first kappa shape index (κ1) is 8.65. The quantitative estimate of drug-likeness (QED) is 0.712. The molecule has 1 saturated carbocycles. The van der Waals surface area contributed by atoms with Crippen molar-refractivity contribution in [3.63, 3.8) is 0 Å². The summed E-state index contributed by atoms with van der Waals surface area (Å²) in [6.07, 6.45) is 5.26. The maximum atomic E-state index is 11.0. The number of nitrogens with zero attached hydrogens (tertiary/aromatic N) is 2. The zero-order valence-corrected chi connectivity index (χ0v) is 8.39. The smallest absolute Gasteiger partial charge is 0.166 e. The van der Waals surface area contributed by atoms with Gasteiger partial charge in [-0.15, -0.1) is 0 Å². The molecule has 3 heteroatoms. The van der Waals surface area contributed by atoms with Gasteiger partial charge in [0.25, 0.3) is 0 Å². The predicted molar refractivity (Wildman–Crippen MR) is 57.8 cm³/mol. The molecule has 15 heavy (non-hydrogen) atoms. The van der Waals surface area contributed by atoms with Crippen molar-refractivity contribution in [2.45, 2.75) is 19.4 Å². The summed E-state index contributed by atoms with van der Waals surface area (Å²) in [5.74, 6) is 0.751. The van der Waals surface area contributed by atoms with Crippen molar-refractivity contribution in [2.75, 3.05) is 0 Å². The van der Waals surface area contributed by atoms with Gasteiger partial charge < -0.3 is 4.57 Å². The minimum Gasteiger partial charge on any atom is -0.323 e. The molecule has 3 nitrogen and oxygen atoms in total. The lowest BCUT2D eigenvalue weighted by molar-refractivity contribution is 0.111. The van der Waals surface area contributed by atoms with Crippen LogP contribution >= 0.6 is 0 Å². The third-order valence-electron chi connectivity index (χ3n) is 2.95. The molecule has 1 aliphatic rings. The summed E-state index contributed by atoms with van der Waals surface area (Å²) in [6.45, 7) is 0.939. The molecule has 0 bridgehead atoms. The van der Waals surface area contributed by atoms with E-state index in [2.05, 4.69) is 4.98 Å². The van der Waals surface area contributed by atoms with E-state index >= 15 is 0 Å². The number of pyridine rings is 1. The summed E-state index contributed by atoms with van der Waals surface area (Å²) in [7, 11) is 0. The first-order chi connectivity index (χ1) is 7.38. The molecule has 76 valence electrons. The van der Waals surface area contributed by atoms with Crippen LogP contribution in [0.3, 0.4) is 0 Å². The Kier molecular flexibility index (Phi) is 1.84. The number of carbonyl (C=O) groups is 1. The normalized spacial score (nSPS) is 15.7. The third-order valence-corrected chi connectivity index (χ3v) is 2.95. The largest absolute Gasteiger partial charge is 0.323 e. The highest BCUT2D eigenvalue weighted by Gasteiger charge is 2.23. The van der Waals surface area contributed by atoms with Crippen LogP contribution in [0.4, 0.5) is 0 Å². The van der Waals surface area contributed by atoms with Gasteiger partial charge in [0.05, 0.1) is 5.69 Å². The summed E-state index contributed by atoms with van der Waals surface area (Å²) < 4.78 is 2.04. The van der Waals surface area contributed by atoms with Gasteiger partial charge in [0.1, 0.15) is 5.65 Å². The monoisotopic (exact) mass is 200 g/mol. The van der Waals surface area contributed by atoms with E-state index in [1.807, 2.05) is 22.8 Å². The third kappa shape index (κ3) is 1.44. The van der Waals surface area contributed by atoms with E-state index in [4.69, 9.17) is 0 Å². The summed E-state index contributed by atoms with van der Waals surface area (Å²) in [4.78, 5) is 15.3. The van der Waals surface area contributed by atoms with Crippen molar-refractivity contribution >= 4 is 17.3 Å². The number of aldehydes is 1. The van der Waals surface area contributed by atoms with Gasteiger partial charge in [-0.3, -0.25) is 4.79 Å². The van der Waals surface area contributed by atoms with E-state index in [0.29, 0.717) is 0 Å². The molecule has 2 aromatic heterocycles. The molecule has 0 unspecified atom stereocenters. The van der Waals surface area contributed by atoms with Gasteiger partial charge in [-0.1, -0.05) is 0 Å². The van der Waals surface area contributed by atoms with Crippen LogP contribution < -0.4 is 0 Å². The lowest BCUT2D eigenvalue weighted by Gasteiger charge is -2.04. The molecule has 0 radical (unpaired) electrons. The minimum atomic E-state index is 0.746. The highest BCUT2D eigenvalue weighted by Crippen LogP contribution is 2.32. The Morgan fingerprint density at radius 1 is 1.53 bits per heavy atom. The molecule has 1 fully saturated rings. The molecule has 0 spiro atoms. The zero-order valence-electron chi connectivity index (χ0n) is 8.39. The van der Waals surface area contributed by atoms with E-state index < -0.39 is 0 Å². The summed E-state index contributed by atoms with van der Waals surface area (Å²) in [6, 6.07) is 5.81. The fraction of sp³-hybridized carbons (Fsp3) is 0.333. The van der Waals surface area contributed by atoms with E-state index in [1.54, 1.807) is 6.20 Å². The van der Waals surface area contributed by atoms with Crippen molar-refractivity contribution in [2.24, 2.45) is 5.92 Å². The molecule has 0 aliphatic heterocycles. The average Bonchev–Trinajstić information content (AvgIpc) is 3.01. The average molecular weight is 200 g/mol. The summed E-state index contributed by atoms with van der Waals surface area (Å²) in [5, 5.41) is 1.06. The minimum absolute atomic E-state index is 0.746. The van der Waals surface area contributed by atoms with E-state index in [1.165, 1.54) is 12.8 Å². The van der Waals surface area contributed by atoms with Crippen molar-refractivity contribution in [3.8, 4) is 0 Å². The molecule has 0 atom stereocenters. The van der Waals surface area contributed by atoms with Crippen LogP contribution in [0.5, 0.6) is 0 Å². The Labute approximate surface area is 87.7 Å². The standard InChI is InChI=1S/C12H12N2O/c15-8-11-6-10-2-1-5-13-12(10)14(11)7-9-3-4-9/h1-2,5-6,8-9H,3-4,7H2. The van der Waals surface area contributed by atoms with Crippen LogP contribution in [0.15, 0.2) is 24.4 Å². The van der Waals surface area contributed by atoms with Gasteiger partial charge in [-0.2, -0.15) is 0 Å². The Balaban J connectivity index is 2.16. The van der Waals surface area contributed by atoms with Crippen LogP contribution in [0.1, 0.15) is 23.3 Å². The van der Waals surface area contributed by atoms with Gasteiger partial charge in [-0.05, 0) is 37.0 Å². The van der Waals surface area contributed by atoms with Gasteiger partial charge in [0.15, 0.2) is 6.29 Å². The molecule has 2 heterocycles. The SMILES string of the molecule is O=Cc1cc2cccnc2n1CC1CC1. The van der Waals surface area contributed by atoms with Crippen LogP contribution in [-0.4, -0.2) is 15.8 Å². The number of carbonyl (C=O) groups excluding carboxylic acids is 1. The fourth-order valence-corrected chi connectivity index (χ4v) is 1.96. The number of aromatic nitrogens is 2. The maximum absolute atomic E-state index is 11.0. The molecule has 2 aromatic rings. The van der Waals surface area contributed by atoms with Crippen molar-refractivity contribution in [1.82, 2.24) is 9.55 Å². The fourth-order valence-electron chi connectivity index (χ4n) is 1.96. The second-order valence-corrected chi connectivity index (χ2v) is 4.16. The Morgan fingerprint density at radius 2 is 2.40 bits per heavy atom. The van der Waals surface area contributed by atoms with E-state index in [-0.39, 0.29) is 0 Å². The van der Waals surface area contributed by atoms with Crippen molar-refractivity contribution in [3.05, 3.63) is 30.1 Å². The maximum Gasteiger partial charge on any atom is 0.166 e. The van der Waals surface area contributed by atoms with E-state index in [0.717, 1.165) is 35.5 Å². The topological polar surface area (TPSA) is 34.9 Å². The van der Waals surface area contributed by atoms with Crippen molar-refractivity contribution < 1.29 is 4.79 Å². The van der Waals surface area contributed by atoms with Crippen LogP contribution in [0.25, 0.3) is 11.0 Å². The Morgan fingerprint density at radius 3 is 3.13 bits per heavy atom. The number of hydrogen-bond donors (Lipinski definition) is 0. The summed E-state index contributed by atoms with van der Waals surface area (Å²) >= 11 is 0. The van der Waals surface area contributed by atoms with Crippen LogP contribution in [0, 0.1) is 5.92 Å². The van der Waals surface area contributed by atoms with Crippen LogP contribution in [-0.2, 0) is 6.54 Å². The summed E-state index contributed by atoms with van der Waals surface area (Å²) in [5.41, 5.74) is 1.68. The number of hydrogen-bond acceptors (Lipinski definition) is 2. The molecule has 3 rings (SSSR count). The molecular weight excluding hydrogens is 188 g/mol. The van der Waals surface area contributed by atoms with E-state index in [9.17, 15) is 4.79 Å². The molecule has 0 aromatic carbocycles. The number of rotatable bonds is 3. The van der Waals surface area contributed by atoms with Gasteiger partial charge in [-0.25, -0.2) is 4.98 Å². The lowest BCUT2D eigenvalue weighted by Crippen LogP contribution is -2.04. The number of fused-ring (bicyclic) bond motifs is 1. The molecule has 1 aliphatic carbocycles. The predicted octanol–water partition coefficient (Wildman–Crippen LogP) is 2.26. The zero-order chi connectivity index (χ0) is 10.3. The Bertz CT molecular complexity index is 511. The highest BCUT2D eigenvalue weighted by molar-refractivity contribution is 5.86.